The summed E-state index contributed by atoms with van der Waals surface area (Å²) in [6.07, 6.45) is 3.40. The van der Waals surface area contributed by atoms with Gasteiger partial charge in [-0.25, -0.2) is 9.37 Å². The number of nitrogens with zero attached hydrogens (tertiary/aromatic N) is 2. The molecule has 2 aromatic carbocycles. The summed E-state index contributed by atoms with van der Waals surface area (Å²) in [7, 11) is 1.61. The highest BCUT2D eigenvalue weighted by molar-refractivity contribution is 7.98. The molecule has 1 amide bonds. The van der Waals surface area contributed by atoms with Gasteiger partial charge in [0.1, 0.15) is 17.3 Å². The molecular formula is C19H18FN3O2S. The van der Waals surface area contributed by atoms with Gasteiger partial charge in [-0.15, -0.1) is 0 Å². The Bertz CT molecular complexity index is 892. The Morgan fingerprint density at radius 3 is 2.50 bits per heavy atom. The largest absolute Gasteiger partial charge is 0.497 e. The number of carbonyl (C=O) groups excluding carboxylic acids is 1. The van der Waals surface area contributed by atoms with Gasteiger partial charge < -0.3 is 10.1 Å². The third-order valence-electron chi connectivity index (χ3n) is 3.84. The molecule has 0 bridgehead atoms. The number of halogens is 1. The van der Waals surface area contributed by atoms with Crippen molar-refractivity contribution in [3.63, 3.8) is 0 Å². The van der Waals surface area contributed by atoms with Crippen LogP contribution in [-0.4, -0.2) is 28.8 Å². The fraction of sp³-hybridized carbons (Fsp3) is 0.158. The van der Waals surface area contributed by atoms with Gasteiger partial charge in [0.05, 0.1) is 13.3 Å². The summed E-state index contributed by atoms with van der Waals surface area (Å²) in [6.45, 7) is 0.381. The number of aromatic nitrogens is 2. The number of carbonyl (C=O) groups is 1. The van der Waals surface area contributed by atoms with E-state index in [0.29, 0.717) is 23.1 Å². The van der Waals surface area contributed by atoms with Gasteiger partial charge in [-0.2, -0.15) is 0 Å². The molecular weight excluding hydrogens is 353 g/mol. The highest BCUT2D eigenvalue weighted by Crippen LogP contribution is 2.22. The lowest BCUT2D eigenvalue weighted by Gasteiger charge is -2.11. The number of rotatable bonds is 6. The van der Waals surface area contributed by atoms with Crippen LogP contribution in [0.15, 0.2) is 59.9 Å². The standard InChI is InChI=1S/C19H18FN3O2S/c1-25-16-9-3-13(4-10-16)11-21-18(24)17-12-22-19(26-2)23(17)15-7-5-14(20)6-8-15/h3-10,12H,11H2,1-2H3,(H,21,24). The summed E-state index contributed by atoms with van der Waals surface area (Å²) < 4.78 is 20.1. The van der Waals surface area contributed by atoms with Gasteiger partial charge in [0.25, 0.3) is 5.91 Å². The van der Waals surface area contributed by atoms with Gasteiger partial charge in [0, 0.05) is 12.2 Å². The Kier molecular flexibility index (Phi) is 5.58. The zero-order valence-electron chi connectivity index (χ0n) is 14.4. The van der Waals surface area contributed by atoms with E-state index in [1.54, 1.807) is 23.8 Å². The molecule has 26 heavy (non-hydrogen) atoms. The normalized spacial score (nSPS) is 10.6. The van der Waals surface area contributed by atoms with E-state index in [9.17, 15) is 9.18 Å². The second kappa shape index (κ2) is 8.05. The number of hydrogen-bond acceptors (Lipinski definition) is 4. The zero-order valence-corrected chi connectivity index (χ0v) is 15.2. The molecule has 134 valence electrons. The number of imidazole rings is 1. The molecule has 0 radical (unpaired) electrons. The van der Waals surface area contributed by atoms with Crippen LogP contribution >= 0.6 is 11.8 Å². The minimum Gasteiger partial charge on any atom is -0.497 e. The van der Waals surface area contributed by atoms with Gasteiger partial charge in [0.15, 0.2) is 5.16 Å². The van der Waals surface area contributed by atoms with Crippen LogP contribution in [0, 0.1) is 5.82 Å². The van der Waals surface area contributed by atoms with E-state index < -0.39 is 0 Å². The predicted octanol–water partition coefficient (Wildman–Crippen LogP) is 3.67. The van der Waals surface area contributed by atoms with E-state index in [-0.39, 0.29) is 11.7 Å². The minimum absolute atomic E-state index is 0.252. The van der Waals surface area contributed by atoms with Crippen LogP contribution < -0.4 is 10.1 Å². The lowest BCUT2D eigenvalue weighted by atomic mass is 10.2. The van der Waals surface area contributed by atoms with Crippen LogP contribution in [0.1, 0.15) is 16.1 Å². The van der Waals surface area contributed by atoms with Gasteiger partial charge in [-0.05, 0) is 48.2 Å². The summed E-state index contributed by atoms with van der Waals surface area (Å²) in [5.74, 6) is 0.182. The van der Waals surface area contributed by atoms with Crippen molar-refractivity contribution >= 4 is 17.7 Å². The highest BCUT2D eigenvalue weighted by Gasteiger charge is 2.17. The second-order valence-corrected chi connectivity index (χ2v) is 6.25. The first-order valence-electron chi connectivity index (χ1n) is 7.91. The number of ether oxygens (including phenoxy) is 1. The molecule has 0 aliphatic rings. The number of amides is 1. The average molecular weight is 371 g/mol. The van der Waals surface area contributed by atoms with Crippen LogP contribution in [0.5, 0.6) is 5.75 Å². The van der Waals surface area contributed by atoms with Crippen molar-refractivity contribution in [2.45, 2.75) is 11.7 Å². The van der Waals surface area contributed by atoms with Crippen molar-refractivity contribution in [2.75, 3.05) is 13.4 Å². The smallest absolute Gasteiger partial charge is 0.270 e. The molecule has 5 nitrogen and oxygen atoms in total. The maximum Gasteiger partial charge on any atom is 0.270 e. The van der Waals surface area contributed by atoms with Gasteiger partial charge >= 0.3 is 0 Å². The molecule has 1 heterocycles. The number of methoxy groups -OCH3 is 1. The maximum absolute atomic E-state index is 13.2. The molecule has 0 unspecified atom stereocenters. The van der Waals surface area contributed by atoms with Crippen molar-refractivity contribution < 1.29 is 13.9 Å². The van der Waals surface area contributed by atoms with Crippen LogP contribution in [0.2, 0.25) is 0 Å². The molecule has 3 aromatic rings. The fourth-order valence-corrected chi connectivity index (χ4v) is 3.04. The quantitative estimate of drug-likeness (QED) is 0.672. The molecule has 1 N–H and O–H groups in total. The lowest BCUT2D eigenvalue weighted by molar-refractivity contribution is 0.0943. The Balaban J connectivity index is 1.80. The molecule has 3 rings (SSSR count). The van der Waals surface area contributed by atoms with Crippen molar-refractivity contribution in [3.8, 4) is 11.4 Å². The molecule has 0 atom stereocenters. The predicted molar refractivity (Wildman–Crippen MR) is 99.5 cm³/mol. The van der Waals surface area contributed by atoms with Crippen LogP contribution in [0.4, 0.5) is 4.39 Å². The van der Waals surface area contributed by atoms with E-state index in [1.165, 1.54) is 30.1 Å². The molecule has 0 aliphatic carbocycles. The van der Waals surface area contributed by atoms with Crippen LogP contribution in [-0.2, 0) is 6.54 Å². The van der Waals surface area contributed by atoms with E-state index >= 15 is 0 Å². The maximum atomic E-state index is 13.2. The lowest BCUT2D eigenvalue weighted by Crippen LogP contribution is -2.25. The Morgan fingerprint density at radius 2 is 1.88 bits per heavy atom. The van der Waals surface area contributed by atoms with Crippen molar-refractivity contribution in [2.24, 2.45) is 0 Å². The molecule has 1 aromatic heterocycles. The van der Waals surface area contributed by atoms with E-state index in [4.69, 9.17) is 4.74 Å². The molecule has 0 saturated heterocycles. The summed E-state index contributed by atoms with van der Waals surface area (Å²) in [5, 5.41) is 3.55. The highest BCUT2D eigenvalue weighted by atomic mass is 32.2. The summed E-state index contributed by atoms with van der Waals surface area (Å²) in [5.41, 5.74) is 2.04. The van der Waals surface area contributed by atoms with Crippen molar-refractivity contribution in [1.82, 2.24) is 14.9 Å². The van der Waals surface area contributed by atoms with Crippen LogP contribution in [0.25, 0.3) is 5.69 Å². The number of benzene rings is 2. The topological polar surface area (TPSA) is 56.1 Å². The Labute approximate surface area is 155 Å². The SMILES string of the molecule is COc1ccc(CNC(=O)c2cnc(SC)n2-c2ccc(F)cc2)cc1. The summed E-state index contributed by atoms with van der Waals surface area (Å²) >= 11 is 1.42. The fourth-order valence-electron chi connectivity index (χ4n) is 2.50. The third kappa shape index (κ3) is 3.88. The molecule has 7 heteroatoms. The second-order valence-electron chi connectivity index (χ2n) is 5.47. The summed E-state index contributed by atoms with van der Waals surface area (Å²) in [4.78, 5) is 16.9. The third-order valence-corrected chi connectivity index (χ3v) is 4.49. The van der Waals surface area contributed by atoms with E-state index in [2.05, 4.69) is 10.3 Å². The molecule has 0 saturated carbocycles. The van der Waals surface area contributed by atoms with Crippen LogP contribution in [0.3, 0.4) is 0 Å². The first kappa shape index (κ1) is 18.0. The first-order chi connectivity index (χ1) is 12.6. The zero-order chi connectivity index (χ0) is 18.5. The van der Waals surface area contributed by atoms with Gasteiger partial charge in [0.2, 0.25) is 0 Å². The average Bonchev–Trinajstić information content (AvgIpc) is 3.11. The Hall–Kier alpha value is -2.80. The number of hydrogen-bond donors (Lipinski definition) is 1. The van der Waals surface area contributed by atoms with E-state index in [0.717, 1.165) is 11.3 Å². The van der Waals surface area contributed by atoms with E-state index in [1.807, 2.05) is 30.5 Å². The first-order valence-corrected chi connectivity index (χ1v) is 9.13. The number of thioether (sulfide) groups is 1. The molecule has 0 fully saturated rings. The summed E-state index contributed by atoms with van der Waals surface area (Å²) in [6, 6.07) is 13.4. The molecule has 0 aliphatic heterocycles. The molecule has 0 spiro atoms. The number of nitrogens with one attached hydrogen (secondary N) is 1. The van der Waals surface area contributed by atoms with Gasteiger partial charge in [-0.1, -0.05) is 23.9 Å². The minimum atomic E-state index is -0.329. The van der Waals surface area contributed by atoms with Crippen molar-refractivity contribution in [1.29, 1.82) is 0 Å². The van der Waals surface area contributed by atoms with Gasteiger partial charge in [-0.3, -0.25) is 9.36 Å². The Morgan fingerprint density at radius 1 is 1.19 bits per heavy atom. The monoisotopic (exact) mass is 371 g/mol. The van der Waals surface area contributed by atoms with Crippen molar-refractivity contribution in [3.05, 3.63) is 71.8 Å².